The van der Waals surface area contributed by atoms with Gasteiger partial charge in [-0.25, -0.2) is 4.79 Å². The van der Waals surface area contributed by atoms with Crippen LogP contribution in [0.15, 0.2) is 24.8 Å². The van der Waals surface area contributed by atoms with Crippen LogP contribution in [0.2, 0.25) is 0 Å². The lowest BCUT2D eigenvalue weighted by Gasteiger charge is -2.07. The Balaban J connectivity index is 3.20. The summed E-state index contributed by atoms with van der Waals surface area (Å²) in [5.41, 5.74) is 0. The minimum atomic E-state index is -1.13. The molecule has 0 fully saturated rings. The maximum Gasteiger partial charge on any atom is 0.328 e. The van der Waals surface area contributed by atoms with Crippen LogP contribution < -0.4 is 21.3 Å². The second-order valence-electron chi connectivity index (χ2n) is 4.29. The first-order valence-corrected chi connectivity index (χ1v) is 7.08. The third-order valence-corrected chi connectivity index (χ3v) is 2.46. The van der Waals surface area contributed by atoms with Crippen molar-refractivity contribution in [2.24, 2.45) is 0 Å². The third kappa shape index (κ3) is 16.2. The molecule has 0 unspecified atom stereocenters. The number of nitrogens with one attached hydrogen (secondary N) is 4. The fourth-order valence-corrected chi connectivity index (χ4v) is 1.41. The number of hydrogen-bond acceptors (Lipinski definition) is 5. The number of carbonyl (C=O) groups excluding carboxylic acids is 1. The van der Waals surface area contributed by atoms with E-state index in [0.29, 0.717) is 13.1 Å². The average molecular weight is 298 g/mol. The summed E-state index contributed by atoms with van der Waals surface area (Å²) in [5, 5.41) is 20.6. The van der Waals surface area contributed by atoms with Crippen molar-refractivity contribution in [1.82, 2.24) is 21.3 Å². The van der Waals surface area contributed by atoms with Gasteiger partial charge in [-0.05, 0) is 13.0 Å². The highest BCUT2D eigenvalue weighted by atomic mass is 16.4. The lowest BCUT2D eigenvalue weighted by atomic mass is 10.4. The van der Waals surface area contributed by atoms with Crippen molar-refractivity contribution in [1.29, 1.82) is 0 Å². The lowest BCUT2D eigenvalue weighted by Crippen LogP contribution is -2.36. The Bertz CT molecular complexity index is 332. The van der Waals surface area contributed by atoms with E-state index in [1.807, 2.05) is 6.08 Å². The molecule has 0 rings (SSSR count). The molecule has 0 spiro atoms. The van der Waals surface area contributed by atoms with Gasteiger partial charge in [-0.15, -0.1) is 6.58 Å². The predicted molar refractivity (Wildman–Crippen MR) is 83.2 cm³/mol. The van der Waals surface area contributed by atoms with Crippen molar-refractivity contribution in [3.8, 4) is 0 Å². The molecule has 1 amide bonds. The highest BCUT2D eigenvalue weighted by Crippen LogP contribution is 1.74. The normalized spacial score (nSPS) is 10.7. The molecular formula is C14H26N4O3. The zero-order chi connectivity index (χ0) is 15.8. The van der Waals surface area contributed by atoms with Crippen LogP contribution in [-0.2, 0) is 9.59 Å². The van der Waals surface area contributed by atoms with E-state index in [1.54, 1.807) is 0 Å². The van der Waals surface area contributed by atoms with E-state index in [2.05, 4.69) is 27.8 Å². The van der Waals surface area contributed by atoms with Crippen molar-refractivity contribution in [2.75, 3.05) is 45.8 Å². The van der Waals surface area contributed by atoms with Crippen LogP contribution in [0, 0.1) is 0 Å². The highest BCUT2D eigenvalue weighted by Gasteiger charge is 1.95. The standard InChI is InChI=1S/C14H26N4O3/c1-2-3-6-15-7-8-16-9-10-17-11-12-18-13(19)4-5-14(20)21/h2,4-5,15-17H,1,3,6-12H2,(H,18,19)(H,20,21)/b5-4+. The van der Waals surface area contributed by atoms with Gasteiger partial charge in [0.05, 0.1) is 0 Å². The summed E-state index contributed by atoms with van der Waals surface area (Å²) in [6.45, 7) is 9.23. The van der Waals surface area contributed by atoms with E-state index in [9.17, 15) is 9.59 Å². The molecule has 21 heavy (non-hydrogen) atoms. The first-order chi connectivity index (χ1) is 10.2. The number of carbonyl (C=O) groups is 2. The molecule has 5 N–H and O–H groups in total. The summed E-state index contributed by atoms with van der Waals surface area (Å²) in [7, 11) is 0. The number of hydrogen-bond donors (Lipinski definition) is 5. The average Bonchev–Trinajstić information content (AvgIpc) is 2.46. The van der Waals surface area contributed by atoms with Crippen LogP contribution >= 0.6 is 0 Å². The molecule has 0 heterocycles. The Kier molecular flexibility index (Phi) is 13.5. The number of aliphatic carboxylic acids is 1. The van der Waals surface area contributed by atoms with Gasteiger partial charge >= 0.3 is 5.97 Å². The molecule has 0 radical (unpaired) electrons. The quantitative estimate of drug-likeness (QED) is 0.162. The smallest absolute Gasteiger partial charge is 0.328 e. The van der Waals surface area contributed by atoms with Crippen molar-refractivity contribution in [3.63, 3.8) is 0 Å². The molecule has 0 aromatic heterocycles. The molecule has 0 aromatic carbocycles. The Morgan fingerprint density at radius 1 is 0.857 bits per heavy atom. The van der Waals surface area contributed by atoms with Gasteiger partial charge in [-0.2, -0.15) is 0 Å². The van der Waals surface area contributed by atoms with Gasteiger partial charge in [0.15, 0.2) is 0 Å². The summed E-state index contributed by atoms with van der Waals surface area (Å²) in [4.78, 5) is 21.3. The van der Waals surface area contributed by atoms with Crippen molar-refractivity contribution < 1.29 is 14.7 Å². The fourth-order valence-electron chi connectivity index (χ4n) is 1.41. The van der Waals surface area contributed by atoms with Crippen LogP contribution in [0.4, 0.5) is 0 Å². The van der Waals surface area contributed by atoms with E-state index in [0.717, 1.165) is 51.3 Å². The predicted octanol–water partition coefficient (Wildman–Crippen LogP) is -0.912. The summed E-state index contributed by atoms with van der Waals surface area (Å²) >= 11 is 0. The van der Waals surface area contributed by atoms with Gasteiger partial charge < -0.3 is 26.4 Å². The number of amides is 1. The third-order valence-electron chi connectivity index (χ3n) is 2.46. The van der Waals surface area contributed by atoms with E-state index >= 15 is 0 Å². The van der Waals surface area contributed by atoms with Gasteiger partial charge in [-0.1, -0.05) is 6.08 Å². The highest BCUT2D eigenvalue weighted by molar-refractivity contribution is 5.93. The van der Waals surface area contributed by atoms with Crippen molar-refractivity contribution in [3.05, 3.63) is 24.8 Å². The minimum absolute atomic E-state index is 0.400. The van der Waals surface area contributed by atoms with Crippen LogP contribution in [-0.4, -0.2) is 62.8 Å². The topological polar surface area (TPSA) is 102 Å². The number of rotatable bonds is 14. The van der Waals surface area contributed by atoms with Gasteiger partial charge in [-0.3, -0.25) is 4.79 Å². The molecule has 0 saturated heterocycles. The number of carboxylic acid groups (broad SMARTS) is 1. The van der Waals surface area contributed by atoms with Crippen molar-refractivity contribution >= 4 is 11.9 Å². The molecule has 7 heteroatoms. The van der Waals surface area contributed by atoms with Crippen LogP contribution in [0.1, 0.15) is 6.42 Å². The Morgan fingerprint density at radius 2 is 1.38 bits per heavy atom. The Labute approximate surface area is 125 Å². The first kappa shape index (κ1) is 19.3. The first-order valence-electron chi connectivity index (χ1n) is 7.08. The van der Waals surface area contributed by atoms with Crippen molar-refractivity contribution in [2.45, 2.75) is 6.42 Å². The maximum absolute atomic E-state index is 11.1. The molecule has 120 valence electrons. The minimum Gasteiger partial charge on any atom is -0.478 e. The van der Waals surface area contributed by atoms with Gasteiger partial charge in [0, 0.05) is 51.4 Å². The molecule has 7 nitrogen and oxygen atoms in total. The van der Waals surface area contributed by atoms with Gasteiger partial charge in [0.1, 0.15) is 0 Å². The number of carboxylic acids is 1. The second-order valence-corrected chi connectivity index (χ2v) is 4.29. The summed E-state index contributed by atoms with van der Waals surface area (Å²) in [6.07, 6.45) is 4.69. The summed E-state index contributed by atoms with van der Waals surface area (Å²) < 4.78 is 0. The molecule has 0 aliphatic heterocycles. The molecule has 0 atom stereocenters. The SMILES string of the molecule is C=CCCNCCNCCNCCNC(=O)/C=C/C(=O)O. The van der Waals surface area contributed by atoms with E-state index < -0.39 is 11.9 Å². The molecule has 0 aromatic rings. The summed E-state index contributed by atoms with van der Waals surface area (Å²) in [6, 6.07) is 0. The molecule has 0 aliphatic carbocycles. The lowest BCUT2D eigenvalue weighted by molar-refractivity contribution is -0.131. The molecule has 0 aliphatic rings. The monoisotopic (exact) mass is 298 g/mol. The van der Waals surface area contributed by atoms with E-state index in [1.165, 1.54) is 0 Å². The Hall–Kier alpha value is -1.70. The zero-order valence-electron chi connectivity index (χ0n) is 12.4. The van der Waals surface area contributed by atoms with Crippen LogP contribution in [0.5, 0.6) is 0 Å². The molecular weight excluding hydrogens is 272 g/mol. The van der Waals surface area contributed by atoms with Crippen LogP contribution in [0.25, 0.3) is 0 Å². The molecule has 0 bridgehead atoms. The zero-order valence-corrected chi connectivity index (χ0v) is 12.4. The second kappa shape index (κ2) is 14.7. The fraction of sp³-hybridized carbons (Fsp3) is 0.571. The van der Waals surface area contributed by atoms with E-state index in [4.69, 9.17) is 5.11 Å². The Morgan fingerprint density at radius 3 is 1.90 bits per heavy atom. The largest absolute Gasteiger partial charge is 0.478 e. The van der Waals surface area contributed by atoms with Crippen LogP contribution in [0.3, 0.4) is 0 Å². The maximum atomic E-state index is 11.1. The van der Waals surface area contributed by atoms with E-state index in [-0.39, 0.29) is 0 Å². The van der Waals surface area contributed by atoms with Gasteiger partial charge in [0.25, 0.3) is 0 Å². The van der Waals surface area contributed by atoms with Gasteiger partial charge in [0.2, 0.25) is 5.91 Å². The molecule has 0 saturated carbocycles. The summed E-state index contributed by atoms with van der Waals surface area (Å²) in [5.74, 6) is -1.53.